The fourth-order valence-electron chi connectivity index (χ4n) is 4.07. The molecule has 1 fully saturated rings. The number of nitrogens with zero attached hydrogens (tertiary/aromatic N) is 5. The van der Waals surface area contributed by atoms with E-state index in [9.17, 15) is 0 Å². The van der Waals surface area contributed by atoms with E-state index in [-0.39, 0.29) is 21.1 Å². The summed E-state index contributed by atoms with van der Waals surface area (Å²) in [6.07, 6.45) is 0. The quantitative estimate of drug-likeness (QED) is 0.286. The van der Waals surface area contributed by atoms with Gasteiger partial charge in [0.05, 0.1) is 13.2 Å². The average molecular weight is 616 g/mol. The number of nitrogens with one attached hydrogen (secondary N) is 3. The van der Waals surface area contributed by atoms with Gasteiger partial charge in [0.25, 0.3) is 0 Å². The normalized spacial score (nSPS) is 14.0. The van der Waals surface area contributed by atoms with Crippen molar-refractivity contribution >= 4 is 45.5 Å². The van der Waals surface area contributed by atoms with Crippen molar-refractivity contribution in [1.29, 1.82) is 0 Å². The van der Waals surface area contributed by atoms with Gasteiger partial charge in [-0.15, -0.1) is 13.1 Å². The zero-order chi connectivity index (χ0) is 22.2. The van der Waals surface area contributed by atoms with E-state index in [0.29, 0.717) is 43.8 Å². The van der Waals surface area contributed by atoms with Crippen LogP contribution in [0.4, 0.5) is 23.4 Å². The van der Waals surface area contributed by atoms with Crippen molar-refractivity contribution in [3.8, 4) is 0 Å². The van der Waals surface area contributed by atoms with Gasteiger partial charge in [-0.1, -0.05) is 0 Å². The van der Waals surface area contributed by atoms with Crippen molar-refractivity contribution in [3.63, 3.8) is 0 Å². The molecule has 3 N–H and O–H groups in total. The van der Waals surface area contributed by atoms with Gasteiger partial charge in [0.15, 0.2) is 11.5 Å². The second-order valence-electron chi connectivity index (χ2n) is 7.98. The first kappa shape index (κ1) is 23.5. The van der Waals surface area contributed by atoms with Gasteiger partial charge < -0.3 is 43.7 Å². The molecule has 0 amide bonds. The van der Waals surface area contributed by atoms with Crippen LogP contribution in [0.25, 0.3) is 22.1 Å². The van der Waals surface area contributed by atoms with Gasteiger partial charge in [0.2, 0.25) is 11.9 Å². The van der Waals surface area contributed by atoms with E-state index in [1.807, 2.05) is 11.0 Å². The zero-order valence-electron chi connectivity index (χ0n) is 18.9. The Hall–Kier alpha value is -2.64. The summed E-state index contributed by atoms with van der Waals surface area (Å²) in [5.41, 5.74) is 5.89. The van der Waals surface area contributed by atoms with Crippen LogP contribution in [0.3, 0.4) is 0 Å². The number of aryl methyl sites for hydroxylation is 2. The summed E-state index contributed by atoms with van der Waals surface area (Å²) >= 11 is 0. The summed E-state index contributed by atoms with van der Waals surface area (Å²) in [4.78, 5) is 25.3. The molecule has 0 saturated carbocycles. The number of hydrogen-bond acceptors (Lipinski definition) is 7. The number of morpholine rings is 1. The van der Waals surface area contributed by atoms with Crippen LogP contribution >= 0.6 is 0 Å². The topological polar surface area (TPSA) is 98.0 Å². The molecule has 9 nitrogen and oxygen atoms in total. The molecule has 1 aromatic carbocycles. The largest absolute Gasteiger partial charge is 2.00 e. The molecule has 0 aliphatic carbocycles. The Morgan fingerprint density at radius 1 is 1.09 bits per heavy atom. The van der Waals surface area contributed by atoms with E-state index in [4.69, 9.17) is 19.7 Å². The van der Waals surface area contributed by atoms with Gasteiger partial charge >= 0.3 is 21.1 Å². The van der Waals surface area contributed by atoms with Gasteiger partial charge in [-0.25, -0.2) is 0 Å². The van der Waals surface area contributed by atoms with Crippen molar-refractivity contribution in [2.24, 2.45) is 0 Å². The van der Waals surface area contributed by atoms with E-state index >= 15 is 0 Å². The van der Waals surface area contributed by atoms with Gasteiger partial charge in [-0.3, -0.25) is 0 Å². The predicted octanol–water partition coefficient (Wildman–Crippen LogP) is 3.50. The zero-order valence-corrected chi connectivity index (χ0v) is 21.9. The van der Waals surface area contributed by atoms with Gasteiger partial charge in [0, 0.05) is 35.4 Å². The number of fused-ring (bicyclic) bond motifs is 2. The SMILES string of the molecule is [CH2-]CN(C[CH2-])c1nc2nc(Nc3ccc4[nH]c(C)c(C)c4c3)nc(N3CCOCC3)c2[nH]1.[W+2]. The van der Waals surface area contributed by atoms with Crippen LogP contribution in [0.1, 0.15) is 11.3 Å². The maximum atomic E-state index is 5.54. The average Bonchev–Trinajstić information content (AvgIpc) is 3.35. The third-order valence-corrected chi connectivity index (χ3v) is 6.03. The summed E-state index contributed by atoms with van der Waals surface area (Å²) < 4.78 is 5.54. The molecule has 1 aliphatic heterocycles. The number of rotatable bonds is 6. The first-order valence-electron chi connectivity index (χ1n) is 10.9. The summed E-state index contributed by atoms with van der Waals surface area (Å²) in [5, 5.41) is 4.57. The summed E-state index contributed by atoms with van der Waals surface area (Å²) in [6, 6.07) is 6.23. The standard InChI is InChI=1S/C23H28N8O.W/c1-5-30(6-2)23-26-19-20(28-23)27-22(29-21(19)31-9-11-32-12-10-31)25-16-7-8-18-17(13-16)14(3)15(4)24-18;/h7-8,13,24H,1-2,5-6,9-12H2,3-4H3,(H2,25,26,27,28,29);/q-2;+2. The van der Waals surface area contributed by atoms with Crippen LogP contribution in [0, 0.1) is 27.7 Å². The molecular formula is C23H28N8OW. The molecule has 0 unspecified atom stereocenters. The Morgan fingerprint density at radius 3 is 2.58 bits per heavy atom. The molecule has 3 aromatic heterocycles. The molecule has 0 bridgehead atoms. The molecule has 172 valence electrons. The Balaban J connectivity index is 0.00000259. The summed E-state index contributed by atoms with van der Waals surface area (Å²) in [6.45, 7) is 16.1. The molecule has 0 atom stereocenters. The second-order valence-corrected chi connectivity index (χ2v) is 7.98. The third kappa shape index (κ3) is 4.44. The summed E-state index contributed by atoms with van der Waals surface area (Å²) in [7, 11) is 0. The van der Waals surface area contributed by atoms with Crippen molar-refractivity contribution in [3.05, 3.63) is 43.3 Å². The fourth-order valence-corrected chi connectivity index (χ4v) is 4.07. The van der Waals surface area contributed by atoms with Crippen molar-refractivity contribution in [2.45, 2.75) is 13.8 Å². The Bertz CT molecular complexity index is 1260. The summed E-state index contributed by atoms with van der Waals surface area (Å²) in [5.74, 6) is 2.03. The number of benzene rings is 1. The fraction of sp³-hybridized carbons (Fsp3) is 0.348. The maximum Gasteiger partial charge on any atom is 2.00 e. The molecule has 1 saturated heterocycles. The van der Waals surface area contributed by atoms with E-state index in [0.717, 1.165) is 35.6 Å². The van der Waals surface area contributed by atoms with Crippen molar-refractivity contribution < 1.29 is 25.8 Å². The molecular weight excluding hydrogens is 588 g/mol. The number of aromatic amines is 2. The predicted molar refractivity (Wildman–Crippen MR) is 129 cm³/mol. The molecule has 4 heterocycles. The van der Waals surface area contributed by atoms with Crippen LogP contribution in [-0.4, -0.2) is 64.3 Å². The molecule has 33 heavy (non-hydrogen) atoms. The molecule has 1 aliphatic rings. The van der Waals surface area contributed by atoms with E-state index < -0.39 is 0 Å². The first-order chi connectivity index (χ1) is 15.6. The smallest absolute Gasteiger partial charge is 0.402 e. The number of anilines is 4. The van der Waals surface area contributed by atoms with Crippen LogP contribution in [0.15, 0.2) is 18.2 Å². The minimum atomic E-state index is 0. The number of H-pyrrole nitrogens is 2. The molecule has 0 radical (unpaired) electrons. The maximum absolute atomic E-state index is 5.54. The minimum absolute atomic E-state index is 0. The van der Waals surface area contributed by atoms with E-state index in [1.54, 1.807) is 0 Å². The third-order valence-electron chi connectivity index (χ3n) is 6.03. The Kier molecular flexibility index (Phi) is 6.91. The van der Waals surface area contributed by atoms with Gasteiger partial charge in [-0.05, 0) is 37.6 Å². The van der Waals surface area contributed by atoms with E-state index in [2.05, 4.69) is 60.0 Å². The Morgan fingerprint density at radius 2 is 1.85 bits per heavy atom. The van der Waals surface area contributed by atoms with Crippen LogP contribution < -0.4 is 15.1 Å². The van der Waals surface area contributed by atoms with Gasteiger partial charge in [-0.2, -0.15) is 15.0 Å². The van der Waals surface area contributed by atoms with Crippen molar-refractivity contribution in [2.75, 3.05) is 54.5 Å². The molecule has 4 aromatic rings. The number of aromatic nitrogens is 5. The number of hydrogen-bond donors (Lipinski definition) is 3. The Labute approximate surface area is 207 Å². The number of ether oxygens (including phenoxy) is 1. The first-order valence-corrected chi connectivity index (χ1v) is 10.9. The molecule has 10 heteroatoms. The molecule has 0 spiro atoms. The molecule has 5 rings (SSSR count). The van der Waals surface area contributed by atoms with Gasteiger partial charge in [0.1, 0.15) is 5.52 Å². The van der Waals surface area contributed by atoms with Crippen LogP contribution in [-0.2, 0) is 25.8 Å². The van der Waals surface area contributed by atoms with Crippen LogP contribution in [0.5, 0.6) is 0 Å². The second kappa shape index (κ2) is 9.69. The van der Waals surface area contributed by atoms with Crippen LogP contribution in [0.2, 0.25) is 0 Å². The monoisotopic (exact) mass is 616 g/mol. The van der Waals surface area contributed by atoms with Crippen molar-refractivity contribution in [1.82, 2.24) is 24.9 Å². The number of imidazole rings is 1. The minimum Gasteiger partial charge on any atom is -0.402 e. The van der Waals surface area contributed by atoms with E-state index in [1.165, 1.54) is 16.6 Å².